The number of benzene rings is 1. The molecule has 1 heterocycles. The van der Waals surface area contributed by atoms with Gasteiger partial charge in [0.2, 0.25) is 0 Å². The van der Waals surface area contributed by atoms with Gasteiger partial charge in [-0.15, -0.1) is 15.0 Å². The predicted molar refractivity (Wildman–Crippen MR) is 71.2 cm³/mol. The third-order valence-corrected chi connectivity index (χ3v) is 3.77. The fourth-order valence-corrected chi connectivity index (χ4v) is 2.18. The van der Waals surface area contributed by atoms with Crippen LogP contribution >= 0.6 is 0 Å². The van der Waals surface area contributed by atoms with Gasteiger partial charge in [0.1, 0.15) is 5.82 Å². The highest BCUT2D eigenvalue weighted by Crippen LogP contribution is 2.37. The molecular formula is C14H15FN4O2. The smallest absolute Gasteiger partial charge is 0.333 e. The van der Waals surface area contributed by atoms with Gasteiger partial charge in [-0.2, -0.15) is 0 Å². The minimum atomic E-state index is -1.47. The Bertz CT molecular complexity index is 683. The van der Waals surface area contributed by atoms with Crippen molar-refractivity contribution < 1.29 is 14.3 Å². The Labute approximate surface area is 120 Å². The zero-order valence-corrected chi connectivity index (χ0v) is 11.5. The van der Waals surface area contributed by atoms with Crippen LogP contribution in [0.1, 0.15) is 37.1 Å². The average Bonchev–Trinajstić information content (AvgIpc) is 3.18. The van der Waals surface area contributed by atoms with E-state index in [2.05, 4.69) is 15.4 Å². The molecule has 0 aliphatic heterocycles. The Hall–Kier alpha value is -2.31. The van der Waals surface area contributed by atoms with Crippen molar-refractivity contribution in [3.05, 3.63) is 41.5 Å². The van der Waals surface area contributed by atoms with Crippen molar-refractivity contribution in [2.75, 3.05) is 0 Å². The van der Waals surface area contributed by atoms with Crippen LogP contribution in [0.2, 0.25) is 0 Å². The normalized spacial score (nSPS) is 17.4. The maximum Gasteiger partial charge on any atom is 0.333 e. The second kappa shape index (κ2) is 4.91. The Morgan fingerprint density at radius 1 is 1.48 bits per heavy atom. The minimum absolute atomic E-state index is 0.0462. The predicted octanol–water partition coefficient (Wildman–Crippen LogP) is 1.73. The van der Waals surface area contributed by atoms with Crippen LogP contribution in [0.15, 0.2) is 24.3 Å². The molecule has 1 aromatic heterocycles. The first-order chi connectivity index (χ1) is 10.0. The molecule has 6 nitrogen and oxygen atoms in total. The standard InChI is InChI=1S/C14H15FN4O2/c1-14(13(20)21,8-10-4-2-3-5-11(10)15)19-17-12(16-18-19)9-6-7-9/h2-5,9H,6-8H2,1H3,(H,20,21). The van der Waals surface area contributed by atoms with E-state index in [0.29, 0.717) is 11.4 Å². The summed E-state index contributed by atoms with van der Waals surface area (Å²) < 4.78 is 13.8. The zero-order chi connectivity index (χ0) is 15.0. The molecule has 1 aromatic carbocycles. The molecule has 0 amide bonds. The number of tetrazole rings is 1. The van der Waals surface area contributed by atoms with Crippen molar-refractivity contribution in [3.8, 4) is 0 Å². The lowest BCUT2D eigenvalue weighted by molar-refractivity contribution is -0.147. The Kier molecular flexibility index (Phi) is 3.19. The van der Waals surface area contributed by atoms with Gasteiger partial charge in [-0.25, -0.2) is 9.18 Å². The van der Waals surface area contributed by atoms with Crippen LogP contribution in [-0.4, -0.2) is 31.3 Å². The third-order valence-electron chi connectivity index (χ3n) is 3.77. The molecule has 21 heavy (non-hydrogen) atoms. The third kappa shape index (κ3) is 2.51. The largest absolute Gasteiger partial charge is 0.479 e. The van der Waals surface area contributed by atoms with Crippen LogP contribution < -0.4 is 0 Å². The molecule has 1 aliphatic carbocycles. The summed E-state index contributed by atoms with van der Waals surface area (Å²) in [5.74, 6) is -0.709. The highest BCUT2D eigenvalue weighted by atomic mass is 19.1. The molecule has 0 saturated heterocycles. The summed E-state index contributed by atoms with van der Waals surface area (Å²) in [5, 5.41) is 21.5. The number of carboxylic acids is 1. The first-order valence-corrected chi connectivity index (χ1v) is 6.78. The number of halogens is 1. The lowest BCUT2D eigenvalue weighted by atomic mass is 9.93. The molecular weight excluding hydrogens is 275 g/mol. The van der Waals surface area contributed by atoms with Gasteiger partial charge in [-0.1, -0.05) is 18.2 Å². The van der Waals surface area contributed by atoms with Crippen LogP contribution in [0.25, 0.3) is 0 Å². The molecule has 1 N–H and O–H groups in total. The van der Waals surface area contributed by atoms with Gasteiger partial charge < -0.3 is 5.11 Å². The Morgan fingerprint density at radius 3 is 2.81 bits per heavy atom. The summed E-state index contributed by atoms with van der Waals surface area (Å²) in [4.78, 5) is 12.8. The number of nitrogens with zero attached hydrogens (tertiary/aromatic N) is 4. The van der Waals surface area contributed by atoms with Crippen molar-refractivity contribution in [1.29, 1.82) is 0 Å². The summed E-state index contributed by atoms with van der Waals surface area (Å²) >= 11 is 0. The second-order valence-electron chi connectivity index (χ2n) is 5.56. The van der Waals surface area contributed by atoms with E-state index in [9.17, 15) is 14.3 Å². The van der Waals surface area contributed by atoms with E-state index >= 15 is 0 Å². The quantitative estimate of drug-likeness (QED) is 0.907. The summed E-state index contributed by atoms with van der Waals surface area (Å²) in [6, 6.07) is 6.11. The average molecular weight is 290 g/mol. The van der Waals surface area contributed by atoms with E-state index in [1.54, 1.807) is 18.2 Å². The van der Waals surface area contributed by atoms with Crippen molar-refractivity contribution in [1.82, 2.24) is 20.2 Å². The van der Waals surface area contributed by atoms with E-state index < -0.39 is 17.3 Å². The minimum Gasteiger partial charge on any atom is -0.479 e. The first-order valence-electron chi connectivity index (χ1n) is 6.78. The fourth-order valence-electron chi connectivity index (χ4n) is 2.18. The van der Waals surface area contributed by atoms with Gasteiger partial charge in [0.25, 0.3) is 0 Å². The molecule has 1 unspecified atom stereocenters. The van der Waals surface area contributed by atoms with Crippen LogP contribution in [-0.2, 0) is 16.8 Å². The maximum atomic E-state index is 13.8. The van der Waals surface area contributed by atoms with Crippen LogP contribution in [0, 0.1) is 5.82 Å². The Morgan fingerprint density at radius 2 is 2.19 bits per heavy atom. The number of aromatic nitrogens is 4. The SMILES string of the molecule is CC(Cc1ccccc1F)(C(=O)O)n1nnc(C2CC2)n1. The van der Waals surface area contributed by atoms with Crippen LogP contribution in [0.5, 0.6) is 0 Å². The molecule has 1 fully saturated rings. The maximum absolute atomic E-state index is 13.8. The molecule has 2 aromatic rings. The van der Waals surface area contributed by atoms with Crippen LogP contribution in [0.3, 0.4) is 0 Å². The summed E-state index contributed by atoms with van der Waals surface area (Å²) in [5.41, 5.74) is -1.16. The molecule has 110 valence electrons. The van der Waals surface area contributed by atoms with E-state index in [0.717, 1.165) is 17.6 Å². The number of rotatable bonds is 5. The highest BCUT2D eigenvalue weighted by molar-refractivity contribution is 5.76. The molecule has 0 bridgehead atoms. The zero-order valence-electron chi connectivity index (χ0n) is 11.5. The second-order valence-corrected chi connectivity index (χ2v) is 5.56. The van der Waals surface area contributed by atoms with Gasteiger partial charge in [-0.05, 0) is 36.6 Å². The fraction of sp³-hybridized carbons (Fsp3) is 0.429. The number of hydrogen-bond donors (Lipinski definition) is 1. The van der Waals surface area contributed by atoms with Gasteiger partial charge in [0.15, 0.2) is 11.4 Å². The lowest BCUT2D eigenvalue weighted by Gasteiger charge is -2.23. The summed E-state index contributed by atoms with van der Waals surface area (Å²) in [6.45, 7) is 1.47. The lowest BCUT2D eigenvalue weighted by Crippen LogP contribution is -2.43. The van der Waals surface area contributed by atoms with E-state index in [-0.39, 0.29) is 12.3 Å². The molecule has 0 radical (unpaired) electrons. The van der Waals surface area contributed by atoms with Gasteiger partial charge in [0, 0.05) is 12.3 Å². The monoisotopic (exact) mass is 290 g/mol. The highest BCUT2D eigenvalue weighted by Gasteiger charge is 2.40. The van der Waals surface area contributed by atoms with E-state index in [1.165, 1.54) is 13.0 Å². The van der Waals surface area contributed by atoms with Crippen molar-refractivity contribution in [3.63, 3.8) is 0 Å². The molecule has 7 heteroatoms. The topological polar surface area (TPSA) is 80.9 Å². The summed E-state index contributed by atoms with van der Waals surface area (Å²) in [7, 11) is 0. The Balaban J connectivity index is 1.94. The van der Waals surface area contributed by atoms with Gasteiger partial charge in [0.05, 0.1) is 0 Å². The number of carbonyl (C=O) groups is 1. The molecule has 0 spiro atoms. The number of carboxylic acid groups (broad SMARTS) is 1. The molecule has 3 rings (SSSR count). The molecule has 1 atom stereocenters. The van der Waals surface area contributed by atoms with Crippen molar-refractivity contribution in [2.24, 2.45) is 0 Å². The van der Waals surface area contributed by atoms with Gasteiger partial charge >= 0.3 is 5.97 Å². The first kappa shape index (κ1) is 13.7. The van der Waals surface area contributed by atoms with Crippen molar-refractivity contribution in [2.45, 2.75) is 37.6 Å². The summed E-state index contributed by atoms with van der Waals surface area (Å²) in [6.07, 6.45) is 1.96. The van der Waals surface area contributed by atoms with Gasteiger partial charge in [-0.3, -0.25) is 0 Å². The van der Waals surface area contributed by atoms with E-state index in [1.807, 2.05) is 0 Å². The number of hydrogen-bond acceptors (Lipinski definition) is 4. The molecule has 1 aliphatic rings. The van der Waals surface area contributed by atoms with Crippen LogP contribution in [0.4, 0.5) is 4.39 Å². The van der Waals surface area contributed by atoms with Crippen molar-refractivity contribution >= 4 is 5.97 Å². The van der Waals surface area contributed by atoms with E-state index in [4.69, 9.17) is 0 Å². The molecule has 1 saturated carbocycles. The number of aliphatic carboxylic acids is 1.